The highest BCUT2D eigenvalue weighted by atomic mass is 32.2. The minimum atomic E-state index is -0.713. The molecule has 200 valence electrons. The van der Waals surface area contributed by atoms with E-state index in [0.29, 0.717) is 13.0 Å². The van der Waals surface area contributed by atoms with Crippen LogP contribution in [0.2, 0.25) is 0 Å². The topological polar surface area (TPSA) is 98.7 Å². The van der Waals surface area contributed by atoms with Gasteiger partial charge in [-0.3, -0.25) is 14.4 Å². The van der Waals surface area contributed by atoms with Crippen LogP contribution in [0.3, 0.4) is 0 Å². The number of carbonyl (C=O) groups is 3. The molecule has 0 saturated carbocycles. The van der Waals surface area contributed by atoms with Crippen LogP contribution in [-0.4, -0.2) is 68.0 Å². The highest BCUT2D eigenvalue weighted by molar-refractivity contribution is 8.02. The first-order valence-corrected chi connectivity index (χ1v) is 14.1. The van der Waals surface area contributed by atoms with Crippen LogP contribution in [0.5, 0.6) is 0 Å². The Morgan fingerprint density at radius 1 is 1.17 bits per heavy atom. The molecule has 3 saturated heterocycles. The molecule has 3 aliphatic heterocycles. The predicted molar refractivity (Wildman–Crippen MR) is 141 cm³/mol. The van der Waals surface area contributed by atoms with Crippen molar-refractivity contribution in [2.24, 2.45) is 23.2 Å². The molecule has 0 aromatic carbocycles. The summed E-state index contributed by atoms with van der Waals surface area (Å²) >= 11 is 1.68. The first kappa shape index (κ1) is 28.3. The molecule has 0 aliphatic carbocycles. The summed E-state index contributed by atoms with van der Waals surface area (Å²) in [7, 11) is 0. The summed E-state index contributed by atoms with van der Waals surface area (Å²) in [5.74, 6) is -1.46. The van der Waals surface area contributed by atoms with Gasteiger partial charge >= 0.3 is 0 Å². The molecule has 2 unspecified atom stereocenters. The average Bonchev–Trinajstić information content (AvgIpc) is 3.25. The number of fused-ring (bicyclic) bond motifs is 1. The lowest BCUT2D eigenvalue weighted by molar-refractivity contribution is -0.144. The summed E-state index contributed by atoms with van der Waals surface area (Å²) in [5, 5.41) is 16.6. The van der Waals surface area contributed by atoms with E-state index in [-0.39, 0.29) is 40.4 Å². The van der Waals surface area contributed by atoms with Gasteiger partial charge in [-0.2, -0.15) is 0 Å². The third-order valence-corrected chi connectivity index (χ3v) is 10.0. The van der Waals surface area contributed by atoms with Crippen LogP contribution in [0, 0.1) is 23.2 Å². The van der Waals surface area contributed by atoms with E-state index in [4.69, 9.17) is 0 Å². The van der Waals surface area contributed by atoms with E-state index in [9.17, 15) is 19.5 Å². The van der Waals surface area contributed by atoms with Gasteiger partial charge in [0.1, 0.15) is 6.04 Å². The Morgan fingerprint density at radius 2 is 1.80 bits per heavy atom. The fraction of sp³-hybridized carbons (Fsp3) is 0.889. The molecule has 3 N–H and O–H groups in total. The van der Waals surface area contributed by atoms with Crippen molar-refractivity contribution in [1.29, 1.82) is 0 Å². The van der Waals surface area contributed by atoms with Crippen LogP contribution in [-0.2, 0) is 14.4 Å². The highest BCUT2D eigenvalue weighted by Gasteiger charge is 2.77. The van der Waals surface area contributed by atoms with E-state index >= 15 is 0 Å². The molecule has 8 heteroatoms. The smallest absolute Gasteiger partial charge is 0.244 e. The Kier molecular flexibility index (Phi) is 7.72. The van der Waals surface area contributed by atoms with Crippen LogP contribution in [0.25, 0.3) is 0 Å². The van der Waals surface area contributed by atoms with E-state index < -0.39 is 34.2 Å². The number of hydrogen-bond donors (Lipinski definition) is 3. The minimum absolute atomic E-state index is 0.0187. The van der Waals surface area contributed by atoms with Crippen LogP contribution in [0.1, 0.15) is 88.0 Å². The molecule has 2 bridgehead atoms. The fourth-order valence-corrected chi connectivity index (χ4v) is 9.51. The summed E-state index contributed by atoms with van der Waals surface area (Å²) < 4.78 is -1.04. The zero-order chi connectivity index (χ0) is 26.6. The van der Waals surface area contributed by atoms with Crippen LogP contribution in [0.4, 0.5) is 0 Å². The summed E-state index contributed by atoms with van der Waals surface area (Å²) in [4.78, 5) is 43.3. The number of carbonyl (C=O) groups excluding carboxylic acids is 3. The maximum absolute atomic E-state index is 14.2. The average molecular weight is 510 g/mol. The van der Waals surface area contributed by atoms with Gasteiger partial charge in [-0.05, 0) is 57.8 Å². The molecule has 3 fully saturated rings. The van der Waals surface area contributed by atoms with Crippen LogP contribution < -0.4 is 10.6 Å². The Bertz CT molecular complexity index is 854. The van der Waals surface area contributed by atoms with Crippen molar-refractivity contribution in [3.05, 3.63) is 0 Å². The minimum Gasteiger partial charge on any atom is -0.394 e. The van der Waals surface area contributed by atoms with Gasteiger partial charge in [0, 0.05) is 16.8 Å². The van der Waals surface area contributed by atoms with Crippen molar-refractivity contribution in [3.63, 3.8) is 0 Å². The first-order valence-electron chi connectivity index (χ1n) is 13.3. The molecular formula is C27H47N3O4S. The Balaban J connectivity index is 2.06. The number of aliphatic hydroxyl groups is 1. The second kappa shape index (κ2) is 9.55. The van der Waals surface area contributed by atoms with Gasteiger partial charge in [-0.1, -0.05) is 41.5 Å². The first-order chi connectivity index (χ1) is 16.0. The number of hydrogen-bond acceptors (Lipinski definition) is 5. The number of aliphatic hydroxyl groups excluding tert-OH is 1. The maximum atomic E-state index is 14.2. The zero-order valence-corrected chi connectivity index (χ0v) is 24.0. The lowest BCUT2D eigenvalue weighted by atomic mass is 9.66. The molecular weight excluding hydrogens is 462 g/mol. The second-order valence-corrected chi connectivity index (χ2v) is 15.3. The van der Waals surface area contributed by atoms with Crippen molar-refractivity contribution in [2.45, 2.75) is 115 Å². The van der Waals surface area contributed by atoms with E-state index in [0.717, 1.165) is 19.3 Å². The van der Waals surface area contributed by atoms with Gasteiger partial charge in [-0.15, -0.1) is 11.8 Å². The van der Waals surface area contributed by atoms with Gasteiger partial charge in [0.15, 0.2) is 0 Å². The van der Waals surface area contributed by atoms with Crippen molar-refractivity contribution < 1.29 is 19.5 Å². The maximum Gasteiger partial charge on any atom is 0.244 e. The molecule has 0 aromatic rings. The summed E-state index contributed by atoms with van der Waals surface area (Å²) in [6.07, 6.45) is 3.11. The molecule has 6 atom stereocenters. The molecule has 7 nitrogen and oxygen atoms in total. The molecule has 3 rings (SSSR count). The molecule has 0 aromatic heterocycles. The number of nitrogens with zero attached hydrogens (tertiary/aromatic N) is 1. The lowest BCUT2D eigenvalue weighted by Crippen LogP contribution is -2.60. The van der Waals surface area contributed by atoms with E-state index in [1.807, 2.05) is 34.6 Å². The molecule has 3 aliphatic rings. The Morgan fingerprint density at radius 3 is 2.31 bits per heavy atom. The number of amides is 3. The summed E-state index contributed by atoms with van der Waals surface area (Å²) in [6.45, 7) is 18.9. The second-order valence-electron chi connectivity index (χ2n) is 13.4. The lowest BCUT2D eigenvalue weighted by Gasteiger charge is -2.41. The van der Waals surface area contributed by atoms with Crippen LogP contribution in [0.15, 0.2) is 0 Å². The van der Waals surface area contributed by atoms with Crippen molar-refractivity contribution in [2.75, 3.05) is 13.2 Å². The van der Waals surface area contributed by atoms with Crippen molar-refractivity contribution in [1.82, 2.24) is 15.5 Å². The third-order valence-electron chi connectivity index (χ3n) is 8.04. The highest BCUT2D eigenvalue weighted by Crippen LogP contribution is 2.71. The summed E-state index contributed by atoms with van der Waals surface area (Å²) in [6, 6.07) is -1.19. The summed E-state index contributed by atoms with van der Waals surface area (Å²) in [5.41, 5.74) is -0.445. The van der Waals surface area contributed by atoms with Gasteiger partial charge < -0.3 is 20.6 Å². The number of rotatable bonds is 9. The van der Waals surface area contributed by atoms with Gasteiger partial charge in [0.25, 0.3) is 0 Å². The monoisotopic (exact) mass is 509 g/mol. The standard InChI is InChI=1S/C27H47N3O4S/c1-10-13-28-21(32)18-19-23(34)30(17(14-31)16(2)3)20(27(19)12-11-26(18,9)35-27)22(33)29-25(7,8)15-24(4,5)6/h16-20,31H,10-15H2,1-9H3,(H,28,32)(H,29,33)/t17-,18-,19-,20?,26+,27?/m0/s1. The number of thioether (sulfide) groups is 1. The van der Waals surface area contributed by atoms with Gasteiger partial charge in [0.05, 0.1) is 29.2 Å². The van der Waals surface area contributed by atoms with Gasteiger partial charge in [-0.25, -0.2) is 0 Å². The number of nitrogens with one attached hydrogen (secondary N) is 2. The van der Waals surface area contributed by atoms with Crippen molar-refractivity contribution in [3.8, 4) is 0 Å². The fourth-order valence-electron chi connectivity index (χ4n) is 7.17. The van der Waals surface area contributed by atoms with Gasteiger partial charge in [0.2, 0.25) is 17.7 Å². The normalized spacial score (nSPS) is 33.3. The molecule has 1 spiro atoms. The predicted octanol–water partition coefficient (Wildman–Crippen LogP) is 3.34. The van der Waals surface area contributed by atoms with Crippen molar-refractivity contribution >= 4 is 29.5 Å². The Labute approximate surface area is 215 Å². The van der Waals surface area contributed by atoms with E-state index in [1.165, 1.54) is 0 Å². The molecule has 3 amide bonds. The third kappa shape index (κ3) is 4.98. The zero-order valence-electron chi connectivity index (χ0n) is 23.2. The molecule has 0 radical (unpaired) electrons. The molecule has 3 heterocycles. The quantitative estimate of drug-likeness (QED) is 0.443. The van der Waals surface area contributed by atoms with Crippen LogP contribution >= 0.6 is 11.8 Å². The molecule has 35 heavy (non-hydrogen) atoms. The number of likely N-dealkylation sites (tertiary alicyclic amines) is 1. The largest absolute Gasteiger partial charge is 0.394 e. The van der Waals surface area contributed by atoms with E-state index in [1.54, 1.807) is 16.7 Å². The van der Waals surface area contributed by atoms with E-state index in [2.05, 4.69) is 38.3 Å². The SMILES string of the molecule is CCCNC(=O)[C@@H]1[C@H]2C(=O)N([C@@H](CO)C(C)C)C(C(=O)NC(C)(C)CC(C)(C)C)C23CC[C@@]1(C)S3. The Hall–Kier alpha value is -1.28.